The zero-order valence-electron chi connectivity index (χ0n) is 14.8. The van der Waals surface area contributed by atoms with Crippen molar-refractivity contribution in [1.29, 1.82) is 0 Å². The van der Waals surface area contributed by atoms with Gasteiger partial charge in [-0.05, 0) is 52.1 Å². The van der Waals surface area contributed by atoms with Gasteiger partial charge < -0.3 is 15.5 Å². The zero-order valence-corrected chi connectivity index (χ0v) is 17.1. The fourth-order valence-corrected chi connectivity index (χ4v) is 2.01. The first kappa shape index (κ1) is 22.1. The van der Waals surface area contributed by atoms with Crippen molar-refractivity contribution in [2.75, 3.05) is 20.6 Å². The molecule has 4 nitrogen and oxygen atoms in total. The van der Waals surface area contributed by atoms with E-state index in [9.17, 15) is 4.39 Å². The Kier molecular flexibility index (Phi) is 11.2. The molecule has 0 fully saturated rings. The second-order valence-corrected chi connectivity index (χ2v) is 5.81. The SMILES string of the molecule is CCNC(=NCc1ccc(F)c(CN(C)C)c1)NC(C)CC.I. The van der Waals surface area contributed by atoms with Crippen LogP contribution < -0.4 is 10.6 Å². The monoisotopic (exact) mass is 436 g/mol. The molecule has 0 heterocycles. The van der Waals surface area contributed by atoms with E-state index in [1.54, 1.807) is 6.07 Å². The van der Waals surface area contributed by atoms with Crippen LogP contribution >= 0.6 is 24.0 Å². The quantitative estimate of drug-likeness (QED) is 0.391. The Labute approximate surface area is 157 Å². The molecule has 0 aliphatic rings. The normalized spacial score (nSPS) is 12.7. The van der Waals surface area contributed by atoms with E-state index < -0.39 is 0 Å². The topological polar surface area (TPSA) is 39.7 Å². The Hall–Kier alpha value is -0.890. The summed E-state index contributed by atoms with van der Waals surface area (Å²) >= 11 is 0. The average molecular weight is 436 g/mol. The molecule has 1 unspecified atom stereocenters. The first-order valence-electron chi connectivity index (χ1n) is 7.93. The van der Waals surface area contributed by atoms with Crippen LogP contribution in [-0.2, 0) is 13.1 Å². The number of hydrogen-bond acceptors (Lipinski definition) is 2. The molecular weight excluding hydrogens is 406 g/mol. The second-order valence-electron chi connectivity index (χ2n) is 5.81. The summed E-state index contributed by atoms with van der Waals surface area (Å²) < 4.78 is 13.8. The average Bonchev–Trinajstić information content (AvgIpc) is 2.47. The first-order chi connectivity index (χ1) is 10.5. The Morgan fingerprint density at radius 1 is 1.30 bits per heavy atom. The van der Waals surface area contributed by atoms with E-state index in [1.807, 2.05) is 32.0 Å². The molecule has 23 heavy (non-hydrogen) atoms. The molecule has 1 rings (SSSR count). The Balaban J connectivity index is 0.00000484. The third-order valence-corrected chi connectivity index (χ3v) is 3.36. The third-order valence-electron chi connectivity index (χ3n) is 3.36. The molecule has 1 aromatic carbocycles. The summed E-state index contributed by atoms with van der Waals surface area (Å²) in [5.74, 6) is 0.640. The highest BCUT2D eigenvalue weighted by atomic mass is 127. The fourth-order valence-electron chi connectivity index (χ4n) is 2.01. The predicted molar refractivity (Wildman–Crippen MR) is 107 cm³/mol. The molecule has 0 radical (unpaired) electrons. The van der Waals surface area contributed by atoms with Gasteiger partial charge in [0.1, 0.15) is 5.82 Å². The maximum absolute atomic E-state index is 13.8. The Morgan fingerprint density at radius 3 is 2.57 bits per heavy atom. The number of benzene rings is 1. The number of guanidine groups is 1. The van der Waals surface area contributed by atoms with Crippen molar-refractivity contribution in [3.8, 4) is 0 Å². The van der Waals surface area contributed by atoms with Crippen molar-refractivity contribution < 1.29 is 4.39 Å². The third kappa shape index (κ3) is 8.50. The minimum absolute atomic E-state index is 0. The highest BCUT2D eigenvalue weighted by molar-refractivity contribution is 14.0. The minimum Gasteiger partial charge on any atom is -0.357 e. The summed E-state index contributed by atoms with van der Waals surface area (Å²) in [6.07, 6.45) is 1.04. The number of hydrogen-bond donors (Lipinski definition) is 2. The van der Waals surface area contributed by atoms with E-state index in [4.69, 9.17) is 0 Å². The lowest BCUT2D eigenvalue weighted by Crippen LogP contribution is -2.41. The van der Waals surface area contributed by atoms with Crippen LogP contribution in [0.5, 0.6) is 0 Å². The number of halogens is 2. The summed E-state index contributed by atoms with van der Waals surface area (Å²) in [5, 5.41) is 6.59. The van der Waals surface area contributed by atoms with E-state index in [2.05, 4.69) is 29.5 Å². The highest BCUT2D eigenvalue weighted by Crippen LogP contribution is 2.13. The van der Waals surface area contributed by atoms with Crippen LogP contribution in [0.3, 0.4) is 0 Å². The second kappa shape index (κ2) is 11.6. The Bertz CT molecular complexity index is 491. The molecule has 0 aliphatic carbocycles. The van der Waals surface area contributed by atoms with Gasteiger partial charge in [0.25, 0.3) is 0 Å². The number of nitrogens with one attached hydrogen (secondary N) is 2. The summed E-state index contributed by atoms with van der Waals surface area (Å²) in [4.78, 5) is 6.54. The van der Waals surface area contributed by atoms with Gasteiger partial charge in [-0.1, -0.05) is 13.0 Å². The maximum atomic E-state index is 13.8. The molecule has 2 N–H and O–H groups in total. The lowest BCUT2D eigenvalue weighted by atomic mass is 10.1. The van der Waals surface area contributed by atoms with Crippen molar-refractivity contribution in [2.24, 2.45) is 4.99 Å². The molecule has 0 spiro atoms. The lowest BCUT2D eigenvalue weighted by molar-refractivity contribution is 0.392. The molecule has 1 atom stereocenters. The van der Waals surface area contributed by atoms with Crippen molar-refractivity contribution in [3.05, 3.63) is 35.1 Å². The van der Waals surface area contributed by atoms with Gasteiger partial charge in [0.2, 0.25) is 0 Å². The summed E-state index contributed by atoms with van der Waals surface area (Å²) in [6, 6.07) is 5.59. The molecule has 0 aromatic heterocycles. The van der Waals surface area contributed by atoms with Gasteiger partial charge >= 0.3 is 0 Å². The summed E-state index contributed by atoms with van der Waals surface area (Å²) in [5.41, 5.74) is 1.72. The van der Waals surface area contributed by atoms with Crippen LogP contribution in [0.1, 0.15) is 38.3 Å². The van der Waals surface area contributed by atoms with Crippen molar-refractivity contribution in [3.63, 3.8) is 0 Å². The van der Waals surface area contributed by atoms with Crippen molar-refractivity contribution in [1.82, 2.24) is 15.5 Å². The molecule has 0 amide bonds. The van der Waals surface area contributed by atoms with Gasteiger partial charge in [0.15, 0.2) is 5.96 Å². The molecule has 1 aromatic rings. The van der Waals surface area contributed by atoms with Crippen molar-refractivity contribution >= 4 is 29.9 Å². The van der Waals surface area contributed by atoms with Gasteiger partial charge in [0, 0.05) is 24.7 Å². The Morgan fingerprint density at radius 2 is 2.00 bits per heavy atom. The number of rotatable bonds is 7. The number of nitrogens with zero attached hydrogens (tertiary/aromatic N) is 2. The van der Waals surface area contributed by atoms with Crippen molar-refractivity contribution in [2.45, 2.75) is 46.3 Å². The summed E-state index contributed by atoms with van der Waals surface area (Å²) in [7, 11) is 3.87. The number of aliphatic imine (C=N–C) groups is 1. The lowest BCUT2D eigenvalue weighted by Gasteiger charge is -2.16. The van der Waals surface area contributed by atoms with E-state index >= 15 is 0 Å². The van der Waals surface area contributed by atoms with E-state index in [0.29, 0.717) is 24.7 Å². The van der Waals surface area contributed by atoms with Crippen LogP contribution in [0, 0.1) is 5.82 Å². The minimum atomic E-state index is -0.161. The van der Waals surface area contributed by atoms with Crippen LogP contribution in [0.25, 0.3) is 0 Å². The van der Waals surface area contributed by atoms with Gasteiger partial charge in [-0.3, -0.25) is 0 Å². The fraction of sp³-hybridized carbons (Fsp3) is 0.588. The van der Waals surface area contributed by atoms with Crippen LogP contribution in [0.2, 0.25) is 0 Å². The molecule has 0 bridgehead atoms. The zero-order chi connectivity index (χ0) is 16.5. The molecule has 0 saturated heterocycles. The van der Waals surface area contributed by atoms with Gasteiger partial charge in [-0.15, -0.1) is 24.0 Å². The molecule has 0 aliphatic heterocycles. The van der Waals surface area contributed by atoms with Crippen LogP contribution in [0.15, 0.2) is 23.2 Å². The van der Waals surface area contributed by atoms with Gasteiger partial charge in [-0.25, -0.2) is 9.38 Å². The molecule has 6 heteroatoms. The predicted octanol–water partition coefficient (Wildman–Crippen LogP) is 3.36. The van der Waals surface area contributed by atoms with Crippen LogP contribution in [-0.4, -0.2) is 37.5 Å². The van der Waals surface area contributed by atoms with Gasteiger partial charge in [0.05, 0.1) is 6.54 Å². The standard InChI is InChI=1S/C17H29FN4.HI/c1-6-13(3)21-17(19-7-2)20-11-14-8-9-16(18)15(10-14)12-22(4)5;/h8-10,13H,6-7,11-12H2,1-5H3,(H2,19,20,21);1H. The van der Waals surface area contributed by atoms with E-state index in [-0.39, 0.29) is 29.8 Å². The maximum Gasteiger partial charge on any atom is 0.191 e. The van der Waals surface area contributed by atoms with E-state index in [0.717, 1.165) is 24.5 Å². The van der Waals surface area contributed by atoms with E-state index in [1.165, 1.54) is 6.07 Å². The largest absolute Gasteiger partial charge is 0.357 e. The smallest absolute Gasteiger partial charge is 0.191 e. The van der Waals surface area contributed by atoms with Gasteiger partial charge in [-0.2, -0.15) is 0 Å². The molecule has 132 valence electrons. The summed E-state index contributed by atoms with van der Waals surface area (Å²) in [6.45, 7) is 8.24. The first-order valence-corrected chi connectivity index (χ1v) is 7.93. The molecule has 0 saturated carbocycles. The molecular formula is C17H30FIN4. The highest BCUT2D eigenvalue weighted by Gasteiger charge is 2.06. The van der Waals surface area contributed by atoms with Crippen LogP contribution in [0.4, 0.5) is 4.39 Å².